The average molecular weight is 257 g/mol. The normalized spacial score (nSPS) is 12.1. The summed E-state index contributed by atoms with van der Waals surface area (Å²) in [5.41, 5.74) is 1.02. The molecule has 0 aliphatic carbocycles. The Hall–Kier alpha value is -2.28. The highest BCUT2D eigenvalue weighted by atomic mass is 16.5. The van der Waals surface area contributed by atoms with E-state index in [0.29, 0.717) is 17.8 Å². The third-order valence-corrected chi connectivity index (χ3v) is 3.00. The summed E-state index contributed by atoms with van der Waals surface area (Å²) in [5, 5.41) is 9.59. The van der Waals surface area contributed by atoms with E-state index in [0.717, 1.165) is 17.4 Å². The number of hydrogen-bond donors (Lipinski definition) is 0. The van der Waals surface area contributed by atoms with Gasteiger partial charge in [0.05, 0.1) is 12.5 Å². The Balaban J connectivity index is 2.36. The standard InChI is InChI=1S/C15H15NO3/c1-3-11(6-7-16)18-12-4-5-13-10(2)8-15(17)19-14(13)9-12/h4-5,8-9,11H,3,6H2,1-2H3. The number of hydrogen-bond acceptors (Lipinski definition) is 4. The number of nitriles is 1. The summed E-state index contributed by atoms with van der Waals surface area (Å²) in [6.45, 7) is 3.83. The van der Waals surface area contributed by atoms with Crippen molar-refractivity contribution in [3.63, 3.8) is 0 Å². The monoisotopic (exact) mass is 257 g/mol. The number of aryl methyl sites for hydroxylation is 1. The van der Waals surface area contributed by atoms with E-state index in [1.165, 1.54) is 6.07 Å². The second-order valence-electron chi connectivity index (χ2n) is 4.42. The zero-order valence-corrected chi connectivity index (χ0v) is 11.0. The molecule has 1 aromatic heterocycles. The lowest BCUT2D eigenvalue weighted by Gasteiger charge is -2.14. The van der Waals surface area contributed by atoms with Gasteiger partial charge in [-0.25, -0.2) is 4.79 Å². The van der Waals surface area contributed by atoms with Gasteiger partial charge in [-0.05, 0) is 31.0 Å². The molecule has 0 spiro atoms. The summed E-state index contributed by atoms with van der Waals surface area (Å²) >= 11 is 0. The van der Waals surface area contributed by atoms with E-state index >= 15 is 0 Å². The Bertz CT molecular complexity index is 682. The van der Waals surface area contributed by atoms with Crippen LogP contribution in [0.1, 0.15) is 25.3 Å². The predicted molar refractivity (Wildman–Crippen MR) is 72.2 cm³/mol. The maximum absolute atomic E-state index is 11.3. The molecule has 0 saturated heterocycles. The van der Waals surface area contributed by atoms with Crippen molar-refractivity contribution >= 4 is 11.0 Å². The maximum Gasteiger partial charge on any atom is 0.336 e. The number of benzene rings is 1. The molecule has 4 nitrogen and oxygen atoms in total. The van der Waals surface area contributed by atoms with Gasteiger partial charge in [0, 0.05) is 17.5 Å². The molecule has 4 heteroatoms. The molecular weight excluding hydrogens is 242 g/mol. The molecule has 2 rings (SSSR count). The number of nitrogens with zero attached hydrogens (tertiary/aromatic N) is 1. The van der Waals surface area contributed by atoms with Crippen molar-refractivity contribution < 1.29 is 9.15 Å². The molecule has 1 unspecified atom stereocenters. The van der Waals surface area contributed by atoms with Crippen LogP contribution < -0.4 is 10.4 Å². The first-order valence-electron chi connectivity index (χ1n) is 6.22. The topological polar surface area (TPSA) is 63.2 Å². The molecule has 1 atom stereocenters. The first-order valence-corrected chi connectivity index (χ1v) is 6.22. The van der Waals surface area contributed by atoms with Crippen molar-refractivity contribution in [2.45, 2.75) is 32.8 Å². The van der Waals surface area contributed by atoms with Crippen molar-refractivity contribution in [3.8, 4) is 11.8 Å². The molecule has 1 aromatic carbocycles. The highest BCUT2D eigenvalue weighted by molar-refractivity contribution is 5.81. The highest BCUT2D eigenvalue weighted by Gasteiger charge is 2.09. The molecule has 0 N–H and O–H groups in total. The van der Waals surface area contributed by atoms with E-state index in [9.17, 15) is 4.79 Å². The summed E-state index contributed by atoms with van der Waals surface area (Å²) in [5.74, 6) is 0.614. The summed E-state index contributed by atoms with van der Waals surface area (Å²) in [6.07, 6.45) is 0.953. The van der Waals surface area contributed by atoms with Crippen LogP contribution >= 0.6 is 0 Å². The van der Waals surface area contributed by atoms with Crippen molar-refractivity contribution in [1.82, 2.24) is 0 Å². The third kappa shape index (κ3) is 2.94. The van der Waals surface area contributed by atoms with Gasteiger partial charge in [0.15, 0.2) is 0 Å². The van der Waals surface area contributed by atoms with Crippen molar-refractivity contribution in [2.24, 2.45) is 0 Å². The van der Waals surface area contributed by atoms with E-state index < -0.39 is 0 Å². The Kier molecular flexibility index (Phi) is 3.86. The number of rotatable bonds is 4. The van der Waals surface area contributed by atoms with Gasteiger partial charge in [-0.15, -0.1) is 0 Å². The van der Waals surface area contributed by atoms with Gasteiger partial charge < -0.3 is 9.15 Å². The van der Waals surface area contributed by atoms with Crippen LogP contribution in [-0.2, 0) is 0 Å². The molecule has 0 aliphatic rings. The van der Waals surface area contributed by atoms with Crippen LogP contribution in [0.5, 0.6) is 5.75 Å². The van der Waals surface area contributed by atoms with E-state index in [-0.39, 0.29) is 11.7 Å². The van der Waals surface area contributed by atoms with Crippen molar-refractivity contribution in [2.75, 3.05) is 0 Å². The summed E-state index contributed by atoms with van der Waals surface area (Å²) in [7, 11) is 0. The zero-order valence-electron chi connectivity index (χ0n) is 11.0. The molecular formula is C15H15NO3. The maximum atomic E-state index is 11.3. The van der Waals surface area contributed by atoms with Crippen LogP contribution in [-0.4, -0.2) is 6.10 Å². The van der Waals surface area contributed by atoms with Crippen LogP contribution in [0, 0.1) is 18.3 Å². The summed E-state index contributed by atoms with van der Waals surface area (Å²) in [6, 6.07) is 8.95. The minimum Gasteiger partial charge on any atom is -0.489 e. The minimum atomic E-state index is -0.369. The summed E-state index contributed by atoms with van der Waals surface area (Å²) < 4.78 is 10.9. The Labute approximate surface area is 111 Å². The second kappa shape index (κ2) is 5.57. The van der Waals surface area contributed by atoms with Gasteiger partial charge in [0.25, 0.3) is 0 Å². The first kappa shape index (κ1) is 13.2. The SMILES string of the molecule is CCC(CC#N)Oc1ccc2c(C)cc(=O)oc2c1. The fourth-order valence-corrected chi connectivity index (χ4v) is 1.94. The molecule has 0 fully saturated rings. The van der Waals surface area contributed by atoms with Crippen molar-refractivity contribution in [1.29, 1.82) is 5.26 Å². The number of ether oxygens (including phenoxy) is 1. The van der Waals surface area contributed by atoms with Gasteiger partial charge in [-0.3, -0.25) is 0 Å². The van der Waals surface area contributed by atoms with Crippen LogP contribution in [0.4, 0.5) is 0 Å². The van der Waals surface area contributed by atoms with Crippen LogP contribution in [0.3, 0.4) is 0 Å². The molecule has 98 valence electrons. The summed E-state index contributed by atoms with van der Waals surface area (Å²) in [4.78, 5) is 11.3. The third-order valence-electron chi connectivity index (χ3n) is 3.00. The van der Waals surface area contributed by atoms with Crippen LogP contribution in [0.25, 0.3) is 11.0 Å². The molecule has 19 heavy (non-hydrogen) atoms. The Morgan fingerprint density at radius 1 is 1.42 bits per heavy atom. The average Bonchev–Trinajstić information content (AvgIpc) is 2.37. The van der Waals surface area contributed by atoms with E-state index in [1.807, 2.05) is 26.0 Å². The molecule has 1 heterocycles. The fourth-order valence-electron chi connectivity index (χ4n) is 1.94. The molecule has 0 amide bonds. The van der Waals surface area contributed by atoms with Gasteiger partial charge >= 0.3 is 5.63 Å². The quantitative estimate of drug-likeness (QED) is 0.789. The van der Waals surface area contributed by atoms with Gasteiger partial charge in [0.1, 0.15) is 17.4 Å². The lowest BCUT2D eigenvalue weighted by Crippen LogP contribution is -2.14. The van der Waals surface area contributed by atoms with Gasteiger partial charge in [-0.1, -0.05) is 6.92 Å². The Morgan fingerprint density at radius 3 is 2.89 bits per heavy atom. The molecule has 0 saturated carbocycles. The number of fused-ring (bicyclic) bond motifs is 1. The van der Waals surface area contributed by atoms with Crippen LogP contribution in [0.15, 0.2) is 33.5 Å². The van der Waals surface area contributed by atoms with Crippen LogP contribution in [0.2, 0.25) is 0 Å². The minimum absolute atomic E-state index is 0.140. The second-order valence-corrected chi connectivity index (χ2v) is 4.42. The zero-order chi connectivity index (χ0) is 13.8. The Morgan fingerprint density at radius 2 is 2.21 bits per heavy atom. The molecule has 0 bridgehead atoms. The van der Waals surface area contributed by atoms with Gasteiger partial charge in [0.2, 0.25) is 0 Å². The van der Waals surface area contributed by atoms with E-state index in [1.54, 1.807) is 6.07 Å². The first-order chi connectivity index (χ1) is 9.13. The van der Waals surface area contributed by atoms with E-state index in [4.69, 9.17) is 14.4 Å². The van der Waals surface area contributed by atoms with Gasteiger partial charge in [-0.2, -0.15) is 5.26 Å². The molecule has 0 radical (unpaired) electrons. The largest absolute Gasteiger partial charge is 0.489 e. The molecule has 0 aliphatic heterocycles. The predicted octanol–water partition coefficient (Wildman–Crippen LogP) is 3.17. The molecule has 2 aromatic rings. The fraction of sp³-hybridized carbons (Fsp3) is 0.333. The lowest BCUT2D eigenvalue weighted by atomic mass is 10.1. The highest BCUT2D eigenvalue weighted by Crippen LogP contribution is 2.23. The van der Waals surface area contributed by atoms with E-state index in [2.05, 4.69) is 6.07 Å². The van der Waals surface area contributed by atoms with Crippen molar-refractivity contribution in [3.05, 3.63) is 40.2 Å². The lowest BCUT2D eigenvalue weighted by molar-refractivity contribution is 0.202. The smallest absolute Gasteiger partial charge is 0.336 e.